The van der Waals surface area contributed by atoms with Gasteiger partial charge in [-0.2, -0.15) is 0 Å². The first-order chi connectivity index (χ1) is 13.4. The van der Waals surface area contributed by atoms with E-state index in [1.165, 1.54) is 16.2 Å². The monoisotopic (exact) mass is 349 g/mol. The summed E-state index contributed by atoms with van der Waals surface area (Å²) >= 11 is 0. The highest BCUT2D eigenvalue weighted by atomic mass is 16.5. The first-order valence-electron chi connectivity index (χ1n) is 9.15. The van der Waals surface area contributed by atoms with Crippen molar-refractivity contribution in [3.63, 3.8) is 0 Å². The van der Waals surface area contributed by atoms with Crippen LogP contribution in [-0.2, 0) is 0 Å². The standard InChI is InChI=1S/C25H19NO/c1-2-9-19(10-3-1)25(23-17-26-24-13-7-6-12-22(23)24)27-21-15-14-18-8-4-5-11-20(18)16-21/h1-17,25-26H. The number of ether oxygens (including phenoxy) is 1. The molecular weight excluding hydrogens is 330 g/mol. The van der Waals surface area contributed by atoms with Crippen LogP contribution in [0.25, 0.3) is 21.7 Å². The molecule has 1 atom stereocenters. The van der Waals surface area contributed by atoms with Gasteiger partial charge in [0, 0.05) is 22.7 Å². The van der Waals surface area contributed by atoms with E-state index in [-0.39, 0.29) is 6.10 Å². The summed E-state index contributed by atoms with van der Waals surface area (Å²) in [5.74, 6) is 0.868. The van der Waals surface area contributed by atoms with Crippen LogP contribution < -0.4 is 4.74 Å². The van der Waals surface area contributed by atoms with E-state index < -0.39 is 0 Å². The number of fused-ring (bicyclic) bond motifs is 2. The number of H-pyrrole nitrogens is 1. The number of aromatic nitrogens is 1. The number of rotatable bonds is 4. The SMILES string of the molecule is c1ccc(C(Oc2ccc3ccccc3c2)c2c[nH]c3ccccc23)cc1. The highest BCUT2D eigenvalue weighted by Crippen LogP contribution is 2.34. The van der Waals surface area contributed by atoms with Crippen LogP contribution in [0.3, 0.4) is 0 Å². The van der Waals surface area contributed by atoms with E-state index in [0.29, 0.717) is 0 Å². The molecule has 130 valence electrons. The van der Waals surface area contributed by atoms with Crippen molar-refractivity contribution < 1.29 is 4.74 Å². The molecule has 0 aliphatic rings. The summed E-state index contributed by atoms with van der Waals surface area (Å²) in [7, 11) is 0. The molecule has 1 heterocycles. The van der Waals surface area contributed by atoms with Crippen LogP contribution in [0.5, 0.6) is 5.75 Å². The third-order valence-corrected chi connectivity index (χ3v) is 4.98. The predicted molar refractivity (Wildman–Crippen MR) is 111 cm³/mol. The zero-order valence-corrected chi connectivity index (χ0v) is 14.8. The predicted octanol–water partition coefficient (Wildman–Crippen LogP) is 6.49. The molecule has 0 radical (unpaired) electrons. The van der Waals surface area contributed by atoms with Gasteiger partial charge in [0.1, 0.15) is 5.75 Å². The lowest BCUT2D eigenvalue weighted by atomic mass is 10.0. The zero-order chi connectivity index (χ0) is 18.1. The second-order valence-electron chi connectivity index (χ2n) is 6.71. The number of hydrogen-bond donors (Lipinski definition) is 1. The molecule has 2 nitrogen and oxygen atoms in total. The van der Waals surface area contributed by atoms with Gasteiger partial charge in [-0.05, 0) is 34.5 Å². The minimum absolute atomic E-state index is 0.177. The molecule has 4 aromatic carbocycles. The van der Waals surface area contributed by atoms with Gasteiger partial charge in [0.05, 0.1) is 0 Å². The van der Waals surface area contributed by atoms with Crippen LogP contribution in [0.2, 0.25) is 0 Å². The Kier molecular flexibility index (Phi) is 3.87. The Hall–Kier alpha value is -3.52. The van der Waals surface area contributed by atoms with Crippen LogP contribution >= 0.6 is 0 Å². The first kappa shape index (κ1) is 15.7. The van der Waals surface area contributed by atoms with Crippen molar-refractivity contribution in [3.05, 3.63) is 114 Å². The third kappa shape index (κ3) is 2.96. The van der Waals surface area contributed by atoms with E-state index in [0.717, 1.165) is 22.4 Å². The largest absolute Gasteiger partial charge is 0.481 e. The Labute approximate surface area is 158 Å². The highest BCUT2D eigenvalue weighted by molar-refractivity contribution is 5.85. The Bertz CT molecular complexity index is 1210. The van der Waals surface area contributed by atoms with E-state index in [9.17, 15) is 0 Å². The summed E-state index contributed by atoms with van der Waals surface area (Å²) in [4.78, 5) is 3.37. The molecule has 0 aliphatic carbocycles. The maximum Gasteiger partial charge on any atom is 0.151 e. The smallest absolute Gasteiger partial charge is 0.151 e. The second-order valence-corrected chi connectivity index (χ2v) is 6.71. The Morgan fingerprint density at radius 3 is 2.30 bits per heavy atom. The quantitative estimate of drug-likeness (QED) is 0.394. The van der Waals surface area contributed by atoms with Gasteiger partial charge in [-0.15, -0.1) is 0 Å². The van der Waals surface area contributed by atoms with Gasteiger partial charge >= 0.3 is 0 Å². The molecule has 1 aromatic heterocycles. The van der Waals surface area contributed by atoms with Crippen molar-refractivity contribution in [2.24, 2.45) is 0 Å². The third-order valence-electron chi connectivity index (χ3n) is 4.98. The molecule has 1 N–H and O–H groups in total. The van der Waals surface area contributed by atoms with Crippen molar-refractivity contribution in [1.82, 2.24) is 4.98 Å². The lowest BCUT2D eigenvalue weighted by Crippen LogP contribution is -2.09. The second kappa shape index (κ2) is 6.65. The van der Waals surface area contributed by atoms with Crippen molar-refractivity contribution in [2.75, 3.05) is 0 Å². The summed E-state index contributed by atoms with van der Waals surface area (Å²) in [6, 6.07) is 33.4. The molecule has 0 amide bonds. The van der Waals surface area contributed by atoms with Crippen molar-refractivity contribution in [1.29, 1.82) is 0 Å². The van der Waals surface area contributed by atoms with Crippen LogP contribution in [0.4, 0.5) is 0 Å². The lowest BCUT2D eigenvalue weighted by Gasteiger charge is -2.20. The van der Waals surface area contributed by atoms with E-state index in [4.69, 9.17) is 4.74 Å². The van der Waals surface area contributed by atoms with E-state index in [1.54, 1.807) is 0 Å². The zero-order valence-electron chi connectivity index (χ0n) is 14.8. The summed E-state index contributed by atoms with van der Waals surface area (Å²) in [6.07, 6.45) is 1.88. The van der Waals surface area contributed by atoms with Crippen LogP contribution in [-0.4, -0.2) is 4.98 Å². The minimum atomic E-state index is -0.177. The highest BCUT2D eigenvalue weighted by Gasteiger charge is 2.20. The van der Waals surface area contributed by atoms with Crippen LogP contribution in [0, 0.1) is 0 Å². The minimum Gasteiger partial charge on any atom is -0.481 e. The molecule has 5 rings (SSSR count). The number of aromatic amines is 1. The van der Waals surface area contributed by atoms with Gasteiger partial charge < -0.3 is 9.72 Å². The lowest BCUT2D eigenvalue weighted by molar-refractivity contribution is 0.249. The number of para-hydroxylation sites is 1. The van der Waals surface area contributed by atoms with Gasteiger partial charge in [-0.1, -0.05) is 78.9 Å². The summed E-state index contributed by atoms with van der Waals surface area (Å²) in [5.41, 5.74) is 3.40. The van der Waals surface area contributed by atoms with Crippen LogP contribution in [0.1, 0.15) is 17.2 Å². The maximum atomic E-state index is 6.54. The molecule has 0 bridgehead atoms. The average molecular weight is 349 g/mol. The fraction of sp³-hybridized carbons (Fsp3) is 0.0400. The fourth-order valence-electron chi connectivity index (χ4n) is 3.63. The molecule has 1 unspecified atom stereocenters. The van der Waals surface area contributed by atoms with Gasteiger partial charge in [-0.25, -0.2) is 0 Å². The molecule has 0 spiro atoms. The summed E-state index contributed by atoms with van der Waals surface area (Å²) in [6.45, 7) is 0. The molecule has 0 saturated heterocycles. The van der Waals surface area contributed by atoms with Gasteiger partial charge in [0.25, 0.3) is 0 Å². The van der Waals surface area contributed by atoms with Gasteiger partial charge in [-0.3, -0.25) is 0 Å². The average Bonchev–Trinajstić information content (AvgIpc) is 3.16. The van der Waals surface area contributed by atoms with E-state index >= 15 is 0 Å². The van der Waals surface area contributed by atoms with E-state index in [2.05, 4.69) is 90.0 Å². The summed E-state index contributed by atoms with van der Waals surface area (Å²) < 4.78 is 6.54. The maximum absolute atomic E-state index is 6.54. The van der Waals surface area contributed by atoms with Crippen molar-refractivity contribution in [2.45, 2.75) is 6.10 Å². The van der Waals surface area contributed by atoms with Gasteiger partial charge in [0.2, 0.25) is 0 Å². The number of benzene rings is 4. The Morgan fingerprint density at radius 1 is 0.667 bits per heavy atom. The van der Waals surface area contributed by atoms with Crippen molar-refractivity contribution in [3.8, 4) is 5.75 Å². The molecule has 0 fully saturated rings. The molecule has 2 heteroatoms. The fourth-order valence-corrected chi connectivity index (χ4v) is 3.63. The van der Waals surface area contributed by atoms with Gasteiger partial charge in [0.15, 0.2) is 6.10 Å². The van der Waals surface area contributed by atoms with Crippen LogP contribution in [0.15, 0.2) is 103 Å². The molecule has 5 aromatic rings. The van der Waals surface area contributed by atoms with Crippen molar-refractivity contribution >= 4 is 21.7 Å². The molecule has 0 saturated carbocycles. The molecular formula is C25H19NO. The normalized spacial score (nSPS) is 12.3. The Balaban J connectivity index is 1.61. The van der Waals surface area contributed by atoms with E-state index in [1.807, 2.05) is 18.2 Å². The topological polar surface area (TPSA) is 25.0 Å². The first-order valence-corrected chi connectivity index (χ1v) is 9.15. The molecule has 0 aliphatic heterocycles. The number of hydrogen-bond acceptors (Lipinski definition) is 1. The summed E-state index contributed by atoms with van der Waals surface area (Å²) in [5, 5.41) is 3.58. The molecule has 27 heavy (non-hydrogen) atoms. The number of nitrogens with one attached hydrogen (secondary N) is 1. The Morgan fingerprint density at radius 2 is 1.41 bits per heavy atom.